The van der Waals surface area contributed by atoms with E-state index in [1.165, 1.54) is 10.4 Å². The van der Waals surface area contributed by atoms with Gasteiger partial charge in [-0.1, -0.05) is 6.42 Å². The van der Waals surface area contributed by atoms with Gasteiger partial charge in [-0.25, -0.2) is 17.2 Å². The lowest BCUT2D eigenvalue weighted by Gasteiger charge is -2.31. The summed E-state index contributed by atoms with van der Waals surface area (Å²) in [5.74, 6) is -1.55. The highest BCUT2D eigenvalue weighted by Gasteiger charge is 2.27. The first-order valence-corrected chi connectivity index (χ1v) is 13.0. The smallest absolute Gasteiger partial charge is 0.243 e. The lowest BCUT2D eigenvalue weighted by molar-refractivity contribution is -0.116. The number of sulfonamides is 1. The third kappa shape index (κ3) is 5.73. The molecule has 0 aromatic heterocycles. The van der Waals surface area contributed by atoms with Gasteiger partial charge in [-0.2, -0.15) is 4.31 Å². The van der Waals surface area contributed by atoms with Crippen LogP contribution in [-0.4, -0.2) is 58.0 Å². The van der Waals surface area contributed by atoms with Crippen molar-refractivity contribution < 1.29 is 26.7 Å². The van der Waals surface area contributed by atoms with Crippen LogP contribution in [0.3, 0.4) is 0 Å². The van der Waals surface area contributed by atoms with Gasteiger partial charge in [0.2, 0.25) is 15.9 Å². The van der Waals surface area contributed by atoms with E-state index in [9.17, 15) is 22.0 Å². The summed E-state index contributed by atoms with van der Waals surface area (Å²) in [4.78, 5) is 14.9. The molecule has 10 heteroatoms. The summed E-state index contributed by atoms with van der Waals surface area (Å²) >= 11 is 0. The highest BCUT2D eigenvalue weighted by atomic mass is 32.2. The Hall–Kier alpha value is -2.56. The van der Waals surface area contributed by atoms with Crippen molar-refractivity contribution in [2.75, 3.05) is 49.6 Å². The number of aryl methyl sites for hydroxylation is 1. The fraction of sp³-hybridized carbons (Fsp3) is 0.458. The average molecular weight is 494 g/mol. The zero-order chi connectivity index (χ0) is 24.1. The number of nitrogens with zero attached hydrogens (tertiary/aromatic N) is 2. The SMILES string of the molecule is O=C(CCc1cc(F)ccc1F)Nc1cc(S(=O)(=O)N2CCCCC2)ccc1N1CCOCC1. The maximum atomic E-state index is 13.9. The molecule has 2 fully saturated rings. The second-order valence-corrected chi connectivity index (χ2v) is 10.5. The van der Waals surface area contributed by atoms with Crippen LogP contribution in [0.2, 0.25) is 0 Å². The van der Waals surface area contributed by atoms with Gasteiger partial charge in [-0.05, 0) is 61.2 Å². The minimum Gasteiger partial charge on any atom is -0.378 e. The summed E-state index contributed by atoms with van der Waals surface area (Å²) in [5, 5.41) is 2.81. The molecule has 0 spiro atoms. The topological polar surface area (TPSA) is 79.0 Å². The lowest BCUT2D eigenvalue weighted by Crippen LogP contribution is -2.37. The number of carbonyl (C=O) groups excluding carboxylic acids is 1. The van der Waals surface area contributed by atoms with Gasteiger partial charge in [-0.3, -0.25) is 4.79 Å². The van der Waals surface area contributed by atoms with Gasteiger partial charge in [-0.15, -0.1) is 0 Å². The van der Waals surface area contributed by atoms with Crippen molar-refractivity contribution in [3.8, 4) is 0 Å². The summed E-state index contributed by atoms with van der Waals surface area (Å²) in [5.41, 5.74) is 1.20. The molecule has 1 amide bonds. The van der Waals surface area contributed by atoms with Crippen LogP contribution >= 0.6 is 0 Å². The Balaban J connectivity index is 1.56. The van der Waals surface area contributed by atoms with Crippen molar-refractivity contribution in [2.45, 2.75) is 37.0 Å². The minimum absolute atomic E-state index is 0.0219. The molecule has 2 aliphatic heterocycles. The van der Waals surface area contributed by atoms with Crippen molar-refractivity contribution in [1.29, 1.82) is 0 Å². The Morgan fingerprint density at radius 1 is 0.971 bits per heavy atom. The highest BCUT2D eigenvalue weighted by molar-refractivity contribution is 7.89. The zero-order valence-corrected chi connectivity index (χ0v) is 19.8. The van der Waals surface area contributed by atoms with E-state index < -0.39 is 27.6 Å². The standard InChI is InChI=1S/C24H29F2N3O4S/c25-19-5-7-21(26)18(16-19)4-9-24(30)27-22-17-20(34(31,32)29-10-2-1-3-11-29)6-8-23(22)28-12-14-33-15-13-28/h5-8,16-17H,1-4,9-15H2,(H,27,30). The van der Waals surface area contributed by atoms with Crippen molar-refractivity contribution in [2.24, 2.45) is 0 Å². The Labute approximate surface area is 198 Å². The molecule has 184 valence electrons. The van der Waals surface area contributed by atoms with E-state index in [0.717, 1.165) is 37.5 Å². The number of benzene rings is 2. The predicted molar refractivity (Wildman–Crippen MR) is 125 cm³/mol. The monoisotopic (exact) mass is 493 g/mol. The van der Waals surface area contributed by atoms with Crippen molar-refractivity contribution in [3.63, 3.8) is 0 Å². The maximum Gasteiger partial charge on any atom is 0.243 e. The molecule has 0 radical (unpaired) electrons. The molecule has 0 aliphatic carbocycles. The lowest BCUT2D eigenvalue weighted by atomic mass is 10.1. The van der Waals surface area contributed by atoms with E-state index in [1.54, 1.807) is 12.1 Å². The summed E-state index contributed by atoms with van der Waals surface area (Å²) in [6, 6.07) is 7.93. The van der Waals surface area contributed by atoms with Gasteiger partial charge in [0.1, 0.15) is 11.6 Å². The molecule has 1 N–H and O–H groups in total. The molecule has 2 aromatic rings. The van der Waals surface area contributed by atoms with Crippen molar-refractivity contribution in [1.82, 2.24) is 4.31 Å². The number of morpholine rings is 1. The Bertz CT molecular complexity index is 1130. The van der Waals surface area contributed by atoms with Crippen molar-refractivity contribution >= 4 is 27.3 Å². The average Bonchev–Trinajstić information content (AvgIpc) is 2.85. The number of nitrogens with one attached hydrogen (secondary N) is 1. The van der Waals surface area contributed by atoms with Gasteiger partial charge in [0.25, 0.3) is 0 Å². The second kappa shape index (κ2) is 10.8. The first-order chi connectivity index (χ1) is 16.3. The molecule has 2 heterocycles. The number of carbonyl (C=O) groups is 1. The van der Waals surface area contributed by atoms with Crippen LogP contribution in [0.1, 0.15) is 31.2 Å². The Morgan fingerprint density at radius 3 is 2.44 bits per heavy atom. The molecule has 0 saturated carbocycles. The van der Waals surface area contributed by atoms with E-state index in [4.69, 9.17) is 4.74 Å². The summed E-state index contributed by atoms with van der Waals surface area (Å²) in [7, 11) is -3.69. The number of halogens is 2. The van der Waals surface area contributed by atoms with Crippen LogP contribution in [0.5, 0.6) is 0 Å². The molecule has 2 aliphatic rings. The van der Waals surface area contributed by atoms with E-state index in [-0.39, 0.29) is 23.3 Å². The quantitative estimate of drug-likeness (QED) is 0.638. The van der Waals surface area contributed by atoms with Crippen LogP contribution in [-0.2, 0) is 26.0 Å². The molecule has 2 saturated heterocycles. The summed E-state index contributed by atoms with van der Waals surface area (Å²) in [6.45, 7) is 3.23. The van der Waals surface area contributed by atoms with E-state index in [1.807, 2.05) is 4.90 Å². The molecule has 4 rings (SSSR count). The fourth-order valence-electron chi connectivity index (χ4n) is 4.31. The maximum absolute atomic E-state index is 13.9. The number of rotatable bonds is 7. The van der Waals surface area contributed by atoms with Crippen LogP contribution in [0.4, 0.5) is 20.2 Å². The third-order valence-corrected chi connectivity index (χ3v) is 8.07. The second-order valence-electron chi connectivity index (χ2n) is 8.53. The predicted octanol–water partition coefficient (Wildman–Crippen LogP) is 3.55. The number of hydrogen-bond acceptors (Lipinski definition) is 5. The van der Waals surface area contributed by atoms with Crippen LogP contribution in [0.15, 0.2) is 41.3 Å². The van der Waals surface area contributed by atoms with Gasteiger partial charge in [0.05, 0.1) is 29.5 Å². The molecule has 0 bridgehead atoms. The largest absolute Gasteiger partial charge is 0.378 e. The Morgan fingerprint density at radius 2 is 1.71 bits per heavy atom. The summed E-state index contributed by atoms with van der Waals surface area (Å²) in [6.07, 6.45) is 2.60. The molecule has 34 heavy (non-hydrogen) atoms. The van der Waals surface area contributed by atoms with Gasteiger partial charge in [0.15, 0.2) is 0 Å². The number of amides is 1. The molecule has 7 nitrogen and oxygen atoms in total. The third-order valence-electron chi connectivity index (χ3n) is 6.18. The highest BCUT2D eigenvalue weighted by Crippen LogP contribution is 2.32. The van der Waals surface area contributed by atoms with Crippen LogP contribution in [0, 0.1) is 11.6 Å². The minimum atomic E-state index is -3.69. The number of ether oxygens (including phenoxy) is 1. The van der Waals surface area contributed by atoms with Gasteiger partial charge in [0, 0.05) is 32.6 Å². The van der Waals surface area contributed by atoms with Gasteiger partial charge >= 0.3 is 0 Å². The zero-order valence-electron chi connectivity index (χ0n) is 18.9. The van der Waals surface area contributed by atoms with E-state index >= 15 is 0 Å². The van der Waals surface area contributed by atoms with E-state index in [0.29, 0.717) is 50.8 Å². The first kappa shape index (κ1) is 24.6. The van der Waals surface area contributed by atoms with Gasteiger partial charge < -0.3 is 15.0 Å². The molecule has 0 atom stereocenters. The van der Waals surface area contributed by atoms with Crippen molar-refractivity contribution in [3.05, 3.63) is 53.6 Å². The normalized spacial score (nSPS) is 17.5. The molecule has 0 unspecified atom stereocenters. The van der Waals surface area contributed by atoms with Crippen LogP contribution in [0.25, 0.3) is 0 Å². The van der Waals surface area contributed by atoms with Crippen LogP contribution < -0.4 is 10.2 Å². The first-order valence-electron chi connectivity index (χ1n) is 11.6. The number of piperidine rings is 1. The summed E-state index contributed by atoms with van der Waals surface area (Å²) < 4.78 is 60.7. The Kier molecular flexibility index (Phi) is 7.80. The molecular formula is C24H29F2N3O4S. The number of hydrogen-bond donors (Lipinski definition) is 1. The van der Waals surface area contributed by atoms with E-state index in [2.05, 4.69) is 5.32 Å². The molecular weight excluding hydrogens is 464 g/mol. The fourth-order valence-corrected chi connectivity index (χ4v) is 5.85. The molecule has 2 aromatic carbocycles. The number of anilines is 2.